The van der Waals surface area contributed by atoms with Gasteiger partial charge in [0.1, 0.15) is 6.10 Å². The van der Waals surface area contributed by atoms with Gasteiger partial charge in [0.25, 0.3) is 10.1 Å². The highest BCUT2D eigenvalue weighted by molar-refractivity contribution is 7.85. The lowest BCUT2D eigenvalue weighted by Crippen LogP contribution is -2.18. The van der Waals surface area contributed by atoms with Gasteiger partial charge >= 0.3 is 5.97 Å². The molecule has 7 nitrogen and oxygen atoms in total. The lowest BCUT2D eigenvalue weighted by atomic mass is 10.0. The summed E-state index contributed by atoms with van der Waals surface area (Å²) in [5, 5.41) is 11.7. The molecule has 0 bridgehead atoms. The van der Waals surface area contributed by atoms with Crippen LogP contribution in [-0.2, 0) is 19.6 Å². The lowest BCUT2D eigenvalue weighted by molar-refractivity contribution is -0.212. The normalized spacial score (nSPS) is 13.4. The molecule has 0 spiro atoms. The number of esters is 1. The maximum absolute atomic E-state index is 12.3. The van der Waals surface area contributed by atoms with E-state index in [0.717, 1.165) is 50.5 Å². The van der Waals surface area contributed by atoms with Crippen LogP contribution in [0.5, 0.6) is 0 Å². The third-order valence-corrected chi connectivity index (χ3v) is 9.02. The lowest BCUT2D eigenvalue weighted by Gasteiger charge is -2.16. The van der Waals surface area contributed by atoms with Crippen molar-refractivity contribution in [2.24, 2.45) is 4.99 Å². The van der Waals surface area contributed by atoms with Crippen LogP contribution in [0.4, 0.5) is 0 Å². The topological polar surface area (TPSA) is 116 Å². The maximum atomic E-state index is 12.3. The molecule has 260 valence electrons. The minimum Gasteiger partial charge on any atom is -0.859 e. The molecule has 0 unspecified atom stereocenters. The molecule has 0 saturated carbocycles. The van der Waals surface area contributed by atoms with Gasteiger partial charge in [0.2, 0.25) is 0 Å². The number of hydrogen-bond acceptors (Lipinski definition) is 6. The summed E-state index contributed by atoms with van der Waals surface area (Å²) in [5.74, 6) is -1.13. The van der Waals surface area contributed by atoms with Gasteiger partial charge in [0.15, 0.2) is 0 Å². The molecule has 1 N–H and O–H groups in total. The molecule has 1 atom stereocenters. The van der Waals surface area contributed by atoms with Crippen LogP contribution < -0.4 is 5.11 Å². The first-order valence-electron chi connectivity index (χ1n) is 18.2. The van der Waals surface area contributed by atoms with Gasteiger partial charge in [-0.2, -0.15) is 8.42 Å². The van der Waals surface area contributed by atoms with Crippen molar-refractivity contribution in [2.75, 3.05) is 12.3 Å². The van der Waals surface area contributed by atoms with Gasteiger partial charge in [-0.05, 0) is 51.3 Å². The Morgan fingerprint density at radius 1 is 0.727 bits per heavy atom. The summed E-state index contributed by atoms with van der Waals surface area (Å²) in [7, 11) is -4.11. The summed E-state index contributed by atoms with van der Waals surface area (Å²) in [4.78, 5) is 15.9. The summed E-state index contributed by atoms with van der Waals surface area (Å²) in [6.45, 7) is 5.91. The van der Waals surface area contributed by atoms with Gasteiger partial charge in [0, 0.05) is 6.42 Å². The number of hydrogen-bond donors (Lipinski definition) is 1. The van der Waals surface area contributed by atoms with Gasteiger partial charge in [0.05, 0.1) is 12.3 Å². The highest BCUT2D eigenvalue weighted by atomic mass is 32.2. The smallest absolute Gasteiger partial charge is 0.306 e. The Bertz CT molecular complexity index is 840. The number of nitrogens with zero attached hydrogens (tertiary/aromatic N) is 1. The third-order valence-electron chi connectivity index (χ3n) is 8.32. The fraction of sp³-hybridized carbons (Fsp3) is 0.889. The van der Waals surface area contributed by atoms with E-state index < -0.39 is 21.8 Å². The second kappa shape index (κ2) is 30.3. The quantitative estimate of drug-likeness (QED) is 0.0257. The second-order valence-corrected chi connectivity index (χ2v) is 14.3. The van der Waals surface area contributed by atoms with Crippen molar-refractivity contribution < 1.29 is 27.6 Å². The summed E-state index contributed by atoms with van der Waals surface area (Å²) >= 11 is 0. The van der Waals surface area contributed by atoms with Gasteiger partial charge in [-0.1, -0.05) is 147 Å². The third kappa shape index (κ3) is 32.0. The molecule has 0 radical (unpaired) electrons. The molecule has 0 rings (SSSR count). The number of carbonyl (C=O) groups is 1. The SMILES string of the molecule is CCCCCCCCCCCCCCCCCCCCCCC(=O)O[C@H](CC)CCCC/C(C)=C\C([O-])=NCCS(=O)(=O)O. The van der Waals surface area contributed by atoms with Gasteiger partial charge in [-0.25, -0.2) is 0 Å². The van der Waals surface area contributed by atoms with Crippen molar-refractivity contribution in [2.45, 2.75) is 194 Å². The highest BCUT2D eigenvalue weighted by Crippen LogP contribution is 2.17. The Kier molecular flexibility index (Phi) is 29.3. The summed E-state index contributed by atoms with van der Waals surface area (Å²) in [6, 6.07) is 0. The van der Waals surface area contributed by atoms with Crippen LogP contribution >= 0.6 is 0 Å². The molecule has 0 aliphatic rings. The van der Waals surface area contributed by atoms with Crippen molar-refractivity contribution in [3.63, 3.8) is 0 Å². The highest BCUT2D eigenvalue weighted by Gasteiger charge is 2.12. The number of ether oxygens (including phenoxy) is 1. The number of allylic oxidation sites excluding steroid dienone is 1. The van der Waals surface area contributed by atoms with Crippen LogP contribution in [-0.4, -0.2) is 43.2 Å². The minimum absolute atomic E-state index is 0.0612. The molecule has 8 heteroatoms. The van der Waals surface area contributed by atoms with E-state index in [1.54, 1.807) is 0 Å². The second-order valence-electron chi connectivity index (χ2n) is 12.7. The van der Waals surface area contributed by atoms with Crippen LogP contribution in [0, 0.1) is 0 Å². The summed E-state index contributed by atoms with van der Waals surface area (Å²) in [6.07, 6.45) is 32.8. The number of carbonyl (C=O) groups excluding carboxylic acids is 1. The fourth-order valence-electron chi connectivity index (χ4n) is 5.49. The first-order chi connectivity index (χ1) is 21.2. The Labute approximate surface area is 271 Å². The van der Waals surface area contributed by atoms with E-state index in [1.165, 1.54) is 122 Å². The van der Waals surface area contributed by atoms with Crippen molar-refractivity contribution >= 4 is 22.0 Å². The van der Waals surface area contributed by atoms with E-state index in [0.29, 0.717) is 6.42 Å². The molecular formula is C36H68NO6S-. The van der Waals surface area contributed by atoms with E-state index in [4.69, 9.17) is 9.29 Å². The molecule has 0 aliphatic carbocycles. The van der Waals surface area contributed by atoms with Gasteiger partial charge < -0.3 is 9.84 Å². The van der Waals surface area contributed by atoms with E-state index >= 15 is 0 Å². The predicted octanol–water partition coefficient (Wildman–Crippen LogP) is 9.67. The molecule has 0 aromatic rings. The average molecular weight is 643 g/mol. The molecule has 44 heavy (non-hydrogen) atoms. The first-order valence-corrected chi connectivity index (χ1v) is 19.8. The van der Waals surface area contributed by atoms with Crippen molar-refractivity contribution in [3.8, 4) is 0 Å². The minimum atomic E-state index is -4.11. The molecule has 0 aliphatic heterocycles. The average Bonchev–Trinajstić information content (AvgIpc) is 2.97. The van der Waals surface area contributed by atoms with Gasteiger partial charge in [-0.15, -0.1) is 0 Å². The molecule has 0 saturated heterocycles. The van der Waals surface area contributed by atoms with E-state index in [1.807, 2.05) is 13.8 Å². The summed E-state index contributed by atoms with van der Waals surface area (Å²) in [5.41, 5.74) is 0.871. The Hall–Kier alpha value is -1.41. The van der Waals surface area contributed by atoms with Crippen LogP contribution in [0.2, 0.25) is 0 Å². The molecule has 0 aromatic heterocycles. The van der Waals surface area contributed by atoms with Crippen molar-refractivity contribution in [1.29, 1.82) is 0 Å². The molecule has 0 fully saturated rings. The zero-order chi connectivity index (χ0) is 32.7. The van der Waals surface area contributed by atoms with E-state index in [2.05, 4.69) is 11.9 Å². The van der Waals surface area contributed by atoms with Crippen LogP contribution in [0.25, 0.3) is 0 Å². The predicted molar refractivity (Wildman–Crippen MR) is 184 cm³/mol. The van der Waals surface area contributed by atoms with Gasteiger partial charge in [-0.3, -0.25) is 14.3 Å². The number of aliphatic imine (C=N–C) groups is 1. The monoisotopic (exact) mass is 642 g/mol. The van der Waals surface area contributed by atoms with Crippen LogP contribution in [0.3, 0.4) is 0 Å². The Morgan fingerprint density at radius 3 is 1.59 bits per heavy atom. The fourth-order valence-corrected chi connectivity index (χ4v) is 5.81. The number of rotatable bonds is 32. The summed E-state index contributed by atoms with van der Waals surface area (Å²) < 4.78 is 35.7. The van der Waals surface area contributed by atoms with Crippen molar-refractivity contribution in [1.82, 2.24) is 0 Å². The largest absolute Gasteiger partial charge is 0.859 e. The van der Waals surface area contributed by atoms with Crippen LogP contribution in [0.1, 0.15) is 188 Å². The van der Waals surface area contributed by atoms with Crippen molar-refractivity contribution in [3.05, 3.63) is 11.6 Å². The molecule has 0 aromatic carbocycles. The Balaban J connectivity index is 3.63. The molecular weight excluding hydrogens is 574 g/mol. The zero-order valence-electron chi connectivity index (χ0n) is 28.8. The molecule has 0 heterocycles. The molecule has 0 amide bonds. The zero-order valence-corrected chi connectivity index (χ0v) is 29.6. The Morgan fingerprint density at radius 2 is 1.16 bits per heavy atom. The first kappa shape index (κ1) is 42.6. The van der Waals surface area contributed by atoms with E-state index in [9.17, 15) is 18.3 Å². The maximum Gasteiger partial charge on any atom is 0.306 e. The standard InChI is InChI=1S/C36H69NO6S/c1-4-6-7-8-9-10-11-12-13-14-15-16-17-18-19-20-21-22-23-24-29-36(39)43-34(5-2)28-26-25-27-33(3)32-35(38)37-30-31-44(40,41)42/h32,34H,4-31H2,1-3H3,(H,37,38)(H,40,41,42)/p-1/b33-32-/t34-/m1/s1. The van der Waals surface area contributed by atoms with E-state index in [-0.39, 0.29) is 18.6 Å². The number of unbranched alkanes of at least 4 members (excludes halogenated alkanes) is 20. The van der Waals surface area contributed by atoms with Crippen LogP contribution in [0.15, 0.2) is 16.6 Å².